The minimum Gasteiger partial charge on any atom is -0.349 e. The summed E-state index contributed by atoms with van der Waals surface area (Å²) in [5, 5.41) is 2.83. The smallest absolute Gasteiger partial charge is 0.317 e. The quantitative estimate of drug-likeness (QED) is 0.918. The average molecular weight is 342 g/mol. The van der Waals surface area contributed by atoms with Crippen molar-refractivity contribution in [2.45, 2.75) is 19.4 Å². The van der Waals surface area contributed by atoms with Crippen LogP contribution in [0, 0.1) is 11.7 Å². The number of rotatable bonds is 3. The summed E-state index contributed by atoms with van der Waals surface area (Å²) in [5.74, 6) is -0.370. The number of halogens is 2. The Bertz CT molecular complexity index is 587. The van der Waals surface area contributed by atoms with Gasteiger partial charge in [0.05, 0.1) is 5.02 Å². The third-order valence-electron chi connectivity index (χ3n) is 4.00. The minimum atomic E-state index is -0.477. The molecule has 0 radical (unpaired) electrons. The topological polar surface area (TPSA) is 52.7 Å². The van der Waals surface area contributed by atoms with E-state index in [0.29, 0.717) is 25.9 Å². The molecule has 1 saturated heterocycles. The van der Waals surface area contributed by atoms with Crippen molar-refractivity contribution in [2.24, 2.45) is 5.92 Å². The second-order valence-electron chi connectivity index (χ2n) is 5.90. The Kier molecular flexibility index (Phi) is 5.82. The number of carbonyl (C=O) groups is 2. The maximum absolute atomic E-state index is 13.1. The molecule has 0 atom stereocenters. The zero-order valence-corrected chi connectivity index (χ0v) is 14.1. The lowest BCUT2D eigenvalue weighted by molar-refractivity contribution is -0.134. The molecule has 1 aromatic rings. The monoisotopic (exact) mass is 341 g/mol. The molecular formula is C16H21ClFN3O2. The third kappa shape index (κ3) is 4.58. The molecule has 126 valence electrons. The number of carbonyl (C=O) groups excluding carboxylic acids is 2. The zero-order valence-electron chi connectivity index (χ0n) is 13.3. The van der Waals surface area contributed by atoms with E-state index >= 15 is 0 Å². The number of nitrogens with one attached hydrogen (secondary N) is 1. The van der Waals surface area contributed by atoms with Gasteiger partial charge in [-0.05, 0) is 30.5 Å². The Morgan fingerprint density at radius 2 is 2.00 bits per heavy atom. The summed E-state index contributed by atoms with van der Waals surface area (Å²) in [6.45, 7) is 1.40. The molecule has 1 aliphatic heterocycles. The van der Waals surface area contributed by atoms with Crippen LogP contribution in [0.25, 0.3) is 0 Å². The molecule has 7 heteroatoms. The van der Waals surface area contributed by atoms with Crippen LogP contribution in [0.5, 0.6) is 0 Å². The van der Waals surface area contributed by atoms with E-state index in [9.17, 15) is 14.0 Å². The van der Waals surface area contributed by atoms with Gasteiger partial charge in [0.2, 0.25) is 5.91 Å². The van der Waals surface area contributed by atoms with E-state index < -0.39 is 5.82 Å². The fourth-order valence-corrected chi connectivity index (χ4v) is 2.84. The van der Waals surface area contributed by atoms with Crippen molar-refractivity contribution in [3.8, 4) is 0 Å². The molecule has 3 amide bonds. The molecule has 1 N–H and O–H groups in total. The highest BCUT2D eigenvalue weighted by atomic mass is 35.5. The largest absolute Gasteiger partial charge is 0.349 e. The number of piperidine rings is 1. The van der Waals surface area contributed by atoms with Crippen molar-refractivity contribution in [1.82, 2.24) is 15.1 Å². The van der Waals surface area contributed by atoms with E-state index in [4.69, 9.17) is 11.6 Å². The van der Waals surface area contributed by atoms with E-state index in [-0.39, 0.29) is 29.4 Å². The molecule has 0 spiro atoms. The van der Waals surface area contributed by atoms with Crippen molar-refractivity contribution in [3.63, 3.8) is 0 Å². The molecular weight excluding hydrogens is 321 g/mol. The Balaban J connectivity index is 1.81. The zero-order chi connectivity index (χ0) is 17.0. The fourth-order valence-electron chi connectivity index (χ4n) is 2.63. The molecule has 5 nitrogen and oxygen atoms in total. The molecule has 1 heterocycles. The molecule has 1 aromatic carbocycles. The maximum Gasteiger partial charge on any atom is 0.317 e. The molecule has 1 aliphatic rings. The lowest BCUT2D eigenvalue weighted by atomic mass is 9.96. The van der Waals surface area contributed by atoms with Gasteiger partial charge in [-0.1, -0.05) is 17.7 Å². The number of amides is 3. The van der Waals surface area contributed by atoms with Crippen molar-refractivity contribution in [3.05, 3.63) is 34.6 Å². The highest BCUT2D eigenvalue weighted by Crippen LogP contribution is 2.19. The Hall–Kier alpha value is -1.82. The summed E-state index contributed by atoms with van der Waals surface area (Å²) < 4.78 is 13.1. The number of benzene rings is 1. The van der Waals surface area contributed by atoms with E-state index in [1.54, 1.807) is 30.0 Å². The fraction of sp³-hybridized carbons (Fsp3) is 0.500. The summed E-state index contributed by atoms with van der Waals surface area (Å²) in [7, 11) is 3.49. The number of urea groups is 1. The van der Waals surface area contributed by atoms with E-state index in [1.165, 1.54) is 12.1 Å². The number of hydrogen-bond donors (Lipinski definition) is 1. The first kappa shape index (κ1) is 17.5. The Morgan fingerprint density at radius 1 is 1.35 bits per heavy atom. The first-order valence-corrected chi connectivity index (χ1v) is 7.94. The van der Waals surface area contributed by atoms with Gasteiger partial charge in [0.15, 0.2) is 0 Å². The van der Waals surface area contributed by atoms with Crippen LogP contribution in [0.4, 0.5) is 9.18 Å². The molecule has 0 aromatic heterocycles. The van der Waals surface area contributed by atoms with Gasteiger partial charge in [0.25, 0.3) is 0 Å². The number of nitrogens with zero attached hydrogens (tertiary/aromatic N) is 2. The van der Waals surface area contributed by atoms with Crippen molar-refractivity contribution in [1.29, 1.82) is 0 Å². The number of likely N-dealkylation sites (tertiary alicyclic amines) is 1. The molecule has 0 saturated carbocycles. The first-order valence-electron chi connectivity index (χ1n) is 7.56. The van der Waals surface area contributed by atoms with Crippen LogP contribution in [0.3, 0.4) is 0 Å². The van der Waals surface area contributed by atoms with Crippen LogP contribution in [0.1, 0.15) is 18.4 Å². The van der Waals surface area contributed by atoms with Gasteiger partial charge in [0.1, 0.15) is 5.82 Å². The molecule has 23 heavy (non-hydrogen) atoms. The lowest BCUT2D eigenvalue weighted by Gasteiger charge is -2.32. The normalized spacial score (nSPS) is 15.4. The summed E-state index contributed by atoms with van der Waals surface area (Å²) in [6.07, 6.45) is 1.35. The highest BCUT2D eigenvalue weighted by Gasteiger charge is 2.28. The second kappa shape index (κ2) is 7.64. The molecule has 0 aliphatic carbocycles. The van der Waals surface area contributed by atoms with Gasteiger partial charge in [-0.3, -0.25) is 4.79 Å². The predicted octanol–water partition coefficient (Wildman–Crippen LogP) is 2.49. The van der Waals surface area contributed by atoms with E-state index in [1.807, 2.05) is 0 Å². The molecule has 0 unspecified atom stereocenters. The average Bonchev–Trinajstić information content (AvgIpc) is 2.55. The van der Waals surface area contributed by atoms with Crippen LogP contribution in [0.2, 0.25) is 5.02 Å². The van der Waals surface area contributed by atoms with Crippen molar-refractivity contribution < 1.29 is 14.0 Å². The standard InChI is InChI=1S/C16H21ClFN3O2/c1-20(2)15(22)12-5-7-21(8-6-12)16(23)19-10-11-3-4-14(18)13(17)9-11/h3-4,9,12H,5-8,10H2,1-2H3,(H,19,23). The third-order valence-corrected chi connectivity index (χ3v) is 4.29. The maximum atomic E-state index is 13.1. The van der Waals surface area contributed by atoms with Crippen LogP contribution in [0.15, 0.2) is 18.2 Å². The molecule has 2 rings (SSSR count). The first-order chi connectivity index (χ1) is 10.9. The van der Waals surface area contributed by atoms with Gasteiger partial charge in [0, 0.05) is 39.6 Å². The van der Waals surface area contributed by atoms with E-state index in [2.05, 4.69) is 5.32 Å². The van der Waals surface area contributed by atoms with Gasteiger partial charge < -0.3 is 15.1 Å². The van der Waals surface area contributed by atoms with Gasteiger partial charge in [-0.25, -0.2) is 9.18 Å². The Morgan fingerprint density at radius 3 is 2.57 bits per heavy atom. The summed E-state index contributed by atoms with van der Waals surface area (Å²) >= 11 is 5.72. The van der Waals surface area contributed by atoms with Crippen molar-refractivity contribution >= 4 is 23.5 Å². The summed E-state index contributed by atoms with van der Waals surface area (Å²) in [6, 6.07) is 4.19. The Labute approximate surface area is 140 Å². The van der Waals surface area contributed by atoms with E-state index in [0.717, 1.165) is 5.56 Å². The highest BCUT2D eigenvalue weighted by molar-refractivity contribution is 6.30. The van der Waals surface area contributed by atoms with Crippen LogP contribution in [-0.4, -0.2) is 48.9 Å². The van der Waals surface area contributed by atoms with Gasteiger partial charge >= 0.3 is 6.03 Å². The van der Waals surface area contributed by atoms with Gasteiger partial charge in [-0.15, -0.1) is 0 Å². The number of hydrogen-bond acceptors (Lipinski definition) is 2. The summed E-state index contributed by atoms with van der Waals surface area (Å²) in [5.41, 5.74) is 0.738. The van der Waals surface area contributed by atoms with Crippen LogP contribution < -0.4 is 5.32 Å². The van der Waals surface area contributed by atoms with Crippen LogP contribution in [-0.2, 0) is 11.3 Å². The SMILES string of the molecule is CN(C)C(=O)C1CCN(C(=O)NCc2ccc(F)c(Cl)c2)CC1. The van der Waals surface area contributed by atoms with Crippen LogP contribution >= 0.6 is 11.6 Å². The van der Waals surface area contributed by atoms with Gasteiger partial charge in [-0.2, -0.15) is 0 Å². The molecule has 0 bridgehead atoms. The second-order valence-corrected chi connectivity index (χ2v) is 6.31. The molecule has 1 fully saturated rings. The minimum absolute atomic E-state index is 0.00930. The lowest BCUT2D eigenvalue weighted by Crippen LogP contribution is -2.46. The van der Waals surface area contributed by atoms with Crippen molar-refractivity contribution in [2.75, 3.05) is 27.2 Å². The summed E-state index contributed by atoms with van der Waals surface area (Å²) in [4.78, 5) is 27.3. The predicted molar refractivity (Wildman–Crippen MR) is 86.6 cm³/mol.